The van der Waals surface area contributed by atoms with E-state index in [1.807, 2.05) is 30.3 Å². The van der Waals surface area contributed by atoms with Gasteiger partial charge in [-0.05, 0) is 60.9 Å². The molecule has 0 unspecified atom stereocenters. The van der Waals surface area contributed by atoms with Crippen LogP contribution in [-0.2, 0) is 26.0 Å². The minimum Gasteiger partial charge on any atom is -0.487 e. The van der Waals surface area contributed by atoms with Crippen molar-refractivity contribution in [3.63, 3.8) is 0 Å². The summed E-state index contributed by atoms with van der Waals surface area (Å²) in [7, 11) is -3.92. The average Bonchev–Trinajstić information content (AvgIpc) is 3.27. The molecule has 1 fully saturated rings. The number of aliphatic hydroxyl groups excluding tert-OH is 1. The summed E-state index contributed by atoms with van der Waals surface area (Å²) in [6, 6.07) is 19.4. The first kappa shape index (κ1) is 26.1. The number of rotatable bonds is 9. The molecule has 10 heteroatoms. The highest BCUT2D eigenvalue weighted by Crippen LogP contribution is 2.47. The maximum Gasteiger partial charge on any atom is 0.261 e. The summed E-state index contributed by atoms with van der Waals surface area (Å²) < 4.78 is 53.4. The maximum atomic E-state index is 13.2. The van der Waals surface area contributed by atoms with Gasteiger partial charge in [-0.25, -0.2) is 12.8 Å². The lowest BCUT2D eigenvalue weighted by molar-refractivity contribution is -0.142. The zero-order valence-electron chi connectivity index (χ0n) is 20.5. The van der Waals surface area contributed by atoms with Crippen LogP contribution in [0, 0.1) is 5.82 Å². The second-order valence-electron chi connectivity index (χ2n) is 9.51. The summed E-state index contributed by atoms with van der Waals surface area (Å²) in [4.78, 5) is 12.6. The lowest BCUT2D eigenvalue weighted by Crippen LogP contribution is -2.47. The van der Waals surface area contributed by atoms with Gasteiger partial charge in [0.1, 0.15) is 23.8 Å². The number of benzene rings is 3. The molecule has 1 saturated heterocycles. The third-order valence-electron chi connectivity index (χ3n) is 6.87. The van der Waals surface area contributed by atoms with E-state index < -0.39 is 34.2 Å². The van der Waals surface area contributed by atoms with Crippen molar-refractivity contribution in [2.45, 2.75) is 48.4 Å². The highest BCUT2D eigenvalue weighted by Gasteiger charge is 2.46. The van der Waals surface area contributed by atoms with Crippen LogP contribution in [0.15, 0.2) is 77.7 Å². The Morgan fingerprint density at radius 1 is 1.05 bits per heavy atom. The number of aliphatic hydroxyl groups is 1. The van der Waals surface area contributed by atoms with Crippen molar-refractivity contribution in [2.24, 2.45) is 0 Å². The second kappa shape index (κ2) is 11.1. The Bertz CT molecular complexity index is 1380. The van der Waals surface area contributed by atoms with Crippen molar-refractivity contribution in [1.82, 2.24) is 5.32 Å². The number of ether oxygens (including phenoxy) is 2. The molecule has 3 aromatic carbocycles. The molecule has 0 aromatic heterocycles. The molecule has 8 nitrogen and oxygen atoms in total. The number of fused-ring (bicyclic) bond motifs is 3. The van der Waals surface area contributed by atoms with Crippen LogP contribution in [0.2, 0.25) is 0 Å². The smallest absolute Gasteiger partial charge is 0.261 e. The van der Waals surface area contributed by atoms with Crippen LogP contribution in [-0.4, -0.2) is 50.9 Å². The number of sulfonamides is 1. The van der Waals surface area contributed by atoms with Crippen molar-refractivity contribution in [3.05, 3.63) is 89.7 Å². The molecule has 2 aliphatic heterocycles. The van der Waals surface area contributed by atoms with Crippen molar-refractivity contribution in [1.29, 1.82) is 0 Å². The SMILES string of the molecule is O=C(C[C@@H]1C[C@H]2c3cc(NS(=O)(=O)c4ccc(F)cc4)ccc3O[C@H]2[C@H](CO)O1)NCCc1ccccc1. The topological polar surface area (TPSA) is 114 Å². The van der Waals surface area contributed by atoms with E-state index in [0.717, 1.165) is 29.7 Å². The van der Waals surface area contributed by atoms with Gasteiger partial charge in [0.15, 0.2) is 0 Å². The van der Waals surface area contributed by atoms with E-state index in [4.69, 9.17) is 9.47 Å². The number of amides is 1. The van der Waals surface area contributed by atoms with E-state index in [1.165, 1.54) is 12.1 Å². The summed E-state index contributed by atoms with van der Waals surface area (Å²) in [5.74, 6) is -0.267. The van der Waals surface area contributed by atoms with E-state index in [-0.39, 0.29) is 29.7 Å². The zero-order chi connectivity index (χ0) is 26.7. The molecule has 1 amide bonds. The number of nitrogens with one attached hydrogen (secondary N) is 2. The summed E-state index contributed by atoms with van der Waals surface area (Å²) in [6.07, 6.45) is -0.159. The molecule has 5 rings (SSSR count). The van der Waals surface area contributed by atoms with Gasteiger partial charge >= 0.3 is 0 Å². The fourth-order valence-corrected chi connectivity index (χ4v) is 6.10. The molecule has 200 valence electrons. The van der Waals surface area contributed by atoms with Crippen LogP contribution >= 0.6 is 0 Å². The van der Waals surface area contributed by atoms with Crippen LogP contribution in [0.3, 0.4) is 0 Å². The van der Waals surface area contributed by atoms with Crippen LogP contribution in [0.5, 0.6) is 5.75 Å². The normalized spacial score (nSPS) is 22.2. The van der Waals surface area contributed by atoms with Gasteiger partial charge in [0, 0.05) is 23.7 Å². The molecule has 0 bridgehead atoms. The standard InChI is InChI=1S/C28H29FN2O6S/c29-19-6-9-22(10-7-19)38(34,35)31-20-8-11-25-23(14-20)24-15-21(36-26(17-32)28(24)37-25)16-27(33)30-13-12-18-4-2-1-3-5-18/h1-11,14,21,24,26,28,31-32H,12-13,15-17H2,(H,30,33)/t21-,24-,26-,28+/m0/s1. The van der Waals surface area contributed by atoms with Gasteiger partial charge in [0.2, 0.25) is 5.91 Å². The molecule has 2 aliphatic rings. The van der Waals surface area contributed by atoms with Crippen LogP contribution in [0.4, 0.5) is 10.1 Å². The first-order valence-corrected chi connectivity index (χ1v) is 14.0. The maximum absolute atomic E-state index is 13.2. The Hall–Kier alpha value is -3.47. The van der Waals surface area contributed by atoms with Gasteiger partial charge in [0.05, 0.1) is 24.0 Å². The highest BCUT2D eigenvalue weighted by molar-refractivity contribution is 7.92. The minimum atomic E-state index is -3.92. The molecule has 4 atom stereocenters. The summed E-state index contributed by atoms with van der Waals surface area (Å²) in [5, 5.41) is 12.9. The van der Waals surface area contributed by atoms with Crippen molar-refractivity contribution in [3.8, 4) is 5.75 Å². The number of halogens is 1. The number of carbonyl (C=O) groups is 1. The molecule has 0 saturated carbocycles. The molecule has 3 aromatic rings. The number of anilines is 1. The van der Waals surface area contributed by atoms with Crippen molar-refractivity contribution in [2.75, 3.05) is 17.9 Å². The first-order chi connectivity index (χ1) is 18.3. The Morgan fingerprint density at radius 2 is 1.82 bits per heavy atom. The van der Waals surface area contributed by atoms with E-state index >= 15 is 0 Å². The van der Waals surface area contributed by atoms with Gasteiger partial charge in [-0.3, -0.25) is 9.52 Å². The lowest BCUT2D eigenvalue weighted by Gasteiger charge is -2.37. The van der Waals surface area contributed by atoms with Crippen molar-refractivity contribution >= 4 is 21.6 Å². The van der Waals surface area contributed by atoms with Crippen LogP contribution in [0.1, 0.15) is 29.9 Å². The predicted molar refractivity (Wildman–Crippen MR) is 139 cm³/mol. The Labute approximate surface area is 220 Å². The Morgan fingerprint density at radius 3 is 2.55 bits per heavy atom. The molecule has 2 heterocycles. The minimum absolute atomic E-state index is 0.0572. The third kappa shape index (κ3) is 5.82. The number of hydrogen-bond acceptors (Lipinski definition) is 6. The molecule has 3 N–H and O–H groups in total. The lowest BCUT2D eigenvalue weighted by atomic mass is 9.84. The molecule has 38 heavy (non-hydrogen) atoms. The predicted octanol–water partition coefficient (Wildman–Crippen LogP) is 3.37. The van der Waals surface area contributed by atoms with E-state index in [0.29, 0.717) is 24.4 Å². The molecular weight excluding hydrogens is 511 g/mol. The summed E-state index contributed by atoms with van der Waals surface area (Å²) >= 11 is 0. The van der Waals surface area contributed by atoms with Gasteiger partial charge in [-0.2, -0.15) is 0 Å². The summed E-state index contributed by atoms with van der Waals surface area (Å²) in [5.41, 5.74) is 2.25. The molecule has 0 spiro atoms. The fourth-order valence-electron chi connectivity index (χ4n) is 5.05. The third-order valence-corrected chi connectivity index (χ3v) is 8.26. The largest absolute Gasteiger partial charge is 0.487 e. The molecular formula is C28H29FN2O6S. The van der Waals surface area contributed by atoms with Crippen LogP contribution in [0.25, 0.3) is 0 Å². The second-order valence-corrected chi connectivity index (χ2v) is 11.2. The van der Waals surface area contributed by atoms with E-state index in [1.54, 1.807) is 18.2 Å². The molecule has 0 radical (unpaired) electrons. The Kier molecular flexibility index (Phi) is 7.64. The fraction of sp³-hybridized carbons (Fsp3) is 0.321. The summed E-state index contributed by atoms with van der Waals surface area (Å²) in [6.45, 7) is 0.236. The monoisotopic (exact) mass is 540 g/mol. The van der Waals surface area contributed by atoms with E-state index in [9.17, 15) is 22.7 Å². The molecule has 0 aliphatic carbocycles. The van der Waals surface area contributed by atoms with Gasteiger partial charge in [0.25, 0.3) is 10.0 Å². The number of hydrogen-bond donors (Lipinski definition) is 3. The van der Waals surface area contributed by atoms with Gasteiger partial charge < -0.3 is 19.9 Å². The van der Waals surface area contributed by atoms with E-state index in [2.05, 4.69) is 10.0 Å². The van der Waals surface area contributed by atoms with Crippen LogP contribution < -0.4 is 14.8 Å². The number of carbonyl (C=O) groups excluding carboxylic acids is 1. The quantitative estimate of drug-likeness (QED) is 0.384. The zero-order valence-corrected chi connectivity index (χ0v) is 21.4. The average molecular weight is 541 g/mol. The highest BCUT2D eigenvalue weighted by atomic mass is 32.2. The van der Waals surface area contributed by atoms with Gasteiger partial charge in [-0.1, -0.05) is 30.3 Å². The first-order valence-electron chi connectivity index (χ1n) is 12.5. The Balaban J connectivity index is 1.26. The van der Waals surface area contributed by atoms with Gasteiger partial charge in [-0.15, -0.1) is 0 Å². The van der Waals surface area contributed by atoms with Crippen molar-refractivity contribution < 1.29 is 32.2 Å².